The number of aryl methyl sites for hydroxylation is 1. The molecule has 36 heavy (non-hydrogen) atoms. The Morgan fingerprint density at radius 3 is 2.39 bits per heavy atom. The van der Waals surface area contributed by atoms with Gasteiger partial charge in [0, 0.05) is 28.7 Å². The van der Waals surface area contributed by atoms with Gasteiger partial charge >= 0.3 is 0 Å². The van der Waals surface area contributed by atoms with Gasteiger partial charge in [-0.05, 0) is 36.8 Å². The van der Waals surface area contributed by atoms with E-state index in [1.807, 2.05) is 31.2 Å². The number of anilines is 2. The number of halogens is 1. The molecule has 2 heterocycles. The molecule has 2 aromatic carbocycles. The summed E-state index contributed by atoms with van der Waals surface area (Å²) in [6.07, 6.45) is 0.141. The maximum atomic E-state index is 13.1. The van der Waals surface area contributed by atoms with E-state index >= 15 is 0 Å². The zero-order chi connectivity index (χ0) is 25.7. The molecule has 0 bridgehead atoms. The van der Waals surface area contributed by atoms with Crippen LogP contribution in [0.4, 0.5) is 15.3 Å². The Balaban J connectivity index is 1.46. The topological polar surface area (TPSA) is 128 Å². The lowest BCUT2D eigenvalue weighted by atomic mass is 9.96. The van der Waals surface area contributed by atoms with Crippen LogP contribution in [-0.2, 0) is 4.79 Å². The van der Waals surface area contributed by atoms with Gasteiger partial charge in [0.15, 0.2) is 5.13 Å². The number of hydrogen-bond acceptors (Lipinski definition) is 8. The first-order chi connectivity index (χ1) is 17.4. The molecular weight excluding hydrogens is 495 g/mol. The Labute approximate surface area is 215 Å². The van der Waals surface area contributed by atoms with Gasteiger partial charge in [0.2, 0.25) is 5.91 Å². The maximum Gasteiger partial charge on any atom is 0.226 e. The number of hydrogen-bond donors (Lipinski definition) is 2. The number of carbonyl (C=O) groups excluding carboxylic acids is 1. The van der Waals surface area contributed by atoms with E-state index in [-0.39, 0.29) is 35.1 Å². The SMILES string of the molecule is Cc1ccc(-c2c(C#N)c(N)nc(SCCC(=O)Nc3nc(-c4ccc(F)cc4)cs3)c2C#N)cc1. The summed E-state index contributed by atoms with van der Waals surface area (Å²) in [5.41, 5.74) is 10.0. The summed E-state index contributed by atoms with van der Waals surface area (Å²) in [6, 6.07) is 17.6. The number of nitrogens with zero attached hydrogens (tertiary/aromatic N) is 4. The zero-order valence-corrected chi connectivity index (χ0v) is 20.7. The van der Waals surface area contributed by atoms with Gasteiger partial charge in [-0.3, -0.25) is 4.79 Å². The second kappa shape index (κ2) is 11.0. The summed E-state index contributed by atoms with van der Waals surface area (Å²) in [5.74, 6) is -0.205. The average molecular weight is 515 g/mol. The number of benzene rings is 2. The van der Waals surface area contributed by atoms with Crippen LogP contribution < -0.4 is 11.1 Å². The second-order valence-corrected chi connectivity index (χ2v) is 9.65. The van der Waals surface area contributed by atoms with Crippen molar-refractivity contribution in [1.82, 2.24) is 9.97 Å². The number of aromatic nitrogens is 2. The minimum Gasteiger partial charge on any atom is -0.383 e. The van der Waals surface area contributed by atoms with Crippen molar-refractivity contribution < 1.29 is 9.18 Å². The molecule has 0 unspecified atom stereocenters. The van der Waals surface area contributed by atoms with Gasteiger partial charge in [0.05, 0.1) is 11.3 Å². The summed E-state index contributed by atoms with van der Waals surface area (Å²) < 4.78 is 13.1. The van der Waals surface area contributed by atoms with E-state index in [4.69, 9.17) is 5.73 Å². The van der Waals surface area contributed by atoms with Crippen LogP contribution in [0.3, 0.4) is 0 Å². The Morgan fingerprint density at radius 2 is 1.72 bits per heavy atom. The number of nitriles is 2. The van der Waals surface area contributed by atoms with Gasteiger partial charge in [-0.15, -0.1) is 23.1 Å². The number of nitrogens with two attached hydrogens (primary N) is 1. The van der Waals surface area contributed by atoms with Crippen molar-refractivity contribution in [2.24, 2.45) is 0 Å². The van der Waals surface area contributed by atoms with E-state index in [1.165, 1.54) is 35.2 Å². The highest BCUT2D eigenvalue weighted by Crippen LogP contribution is 2.36. The van der Waals surface area contributed by atoms with Crippen molar-refractivity contribution >= 4 is 40.0 Å². The molecule has 0 aliphatic rings. The third-order valence-corrected chi connectivity index (χ3v) is 6.95. The predicted molar refractivity (Wildman–Crippen MR) is 140 cm³/mol. The average Bonchev–Trinajstić information content (AvgIpc) is 3.33. The minimum atomic E-state index is -0.330. The molecule has 0 aliphatic heterocycles. The van der Waals surface area contributed by atoms with Gasteiger partial charge in [0.1, 0.15) is 34.4 Å². The van der Waals surface area contributed by atoms with E-state index in [2.05, 4.69) is 27.4 Å². The predicted octanol–water partition coefficient (Wildman–Crippen LogP) is 5.77. The third-order valence-electron chi connectivity index (χ3n) is 5.21. The molecule has 0 aliphatic carbocycles. The molecule has 0 saturated heterocycles. The fraction of sp³-hybridized carbons (Fsp3) is 0.115. The quantitative estimate of drug-likeness (QED) is 0.300. The Morgan fingerprint density at radius 1 is 1.06 bits per heavy atom. The fourth-order valence-electron chi connectivity index (χ4n) is 3.42. The first-order valence-corrected chi connectivity index (χ1v) is 12.6. The normalized spacial score (nSPS) is 10.4. The number of thioether (sulfide) groups is 1. The Bertz CT molecular complexity index is 1500. The number of carbonyl (C=O) groups is 1. The first-order valence-electron chi connectivity index (χ1n) is 10.7. The zero-order valence-electron chi connectivity index (χ0n) is 19.1. The van der Waals surface area contributed by atoms with Crippen molar-refractivity contribution in [3.05, 3.63) is 76.4 Å². The number of thiazole rings is 1. The molecule has 178 valence electrons. The number of nitrogen functional groups attached to an aromatic ring is 1. The van der Waals surface area contributed by atoms with Crippen LogP contribution in [0, 0.1) is 35.4 Å². The van der Waals surface area contributed by atoms with Crippen molar-refractivity contribution in [3.63, 3.8) is 0 Å². The molecule has 0 spiro atoms. The molecule has 0 fully saturated rings. The van der Waals surface area contributed by atoms with Crippen LogP contribution in [-0.4, -0.2) is 21.6 Å². The van der Waals surface area contributed by atoms with Gasteiger partial charge in [-0.25, -0.2) is 14.4 Å². The minimum absolute atomic E-state index is 0.0372. The molecule has 1 amide bonds. The van der Waals surface area contributed by atoms with Crippen LogP contribution in [0.25, 0.3) is 22.4 Å². The highest BCUT2D eigenvalue weighted by molar-refractivity contribution is 7.99. The molecule has 3 N–H and O–H groups in total. The van der Waals surface area contributed by atoms with Crippen molar-refractivity contribution in [2.45, 2.75) is 18.4 Å². The highest BCUT2D eigenvalue weighted by atomic mass is 32.2. The molecule has 0 atom stereocenters. The lowest BCUT2D eigenvalue weighted by molar-refractivity contribution is -0.115. The monoisotopic (exact) mass is 514 g/mol. The molecule has 7 nitrogen and oxygen atoms in total. The van der Waals surface area contributed by atoms with E-state index in [0.29, 0.717) is 32.7 Å². The fourth-order valence-corrected chi connectivity index (χ4v) is 5.09. The van der Waals surface area contributed by atoms with Gasteiger partial charge in [-0.1, -0.05) is 29.8 Å². The van der Waals surface area contributed by atoms with Gasteiger partial charge < -0.3 is 11.1 Å². The van der Waals surface area contributed by atoms with Crippen molar-refractivity contribution in [2.75, 3.05) is 16.8 Å². The maximum absolute atomic E-state index is 13.1. The highest BCUT2D eigenvalue weighted by Gasteiger charge is 2.20. The Kier molecular flexibility index (Phi) is 7.59. The largest absolute Gasteiger partial charge is 0.383 e. The lowest BCUT2D eigenvalue weighted by Crippen LogP contribution is -2.12. The van der Waals surface area contributed by atoms with Crippen LogP contribution in [0.2, 0.25) is 0 Å². The Hall–Kier alpha value is -4.25. The van der Waals surface area contributed by atoms with Crippen LogP contribution >= 0.6 is 23.1 Å². The summed E-state index contributed by atoms with van der Waals surface area (Å²) in [6.45, 7) is 1.95. The number of nitrogens with one attached hydrogen (secondary N) is 1. The summed E-state index contributed by atoms with van der Waals surface area (Å²) in [7, 11) is 0. The number of rotatable bonds is 7. The number of amides is 1. The van der Waals surface area contributed by atoms with Crippen LogP contribution in [0.5, 0.6) is 0 Å². The summed E-state index contributed by atoms with van der Waals surface area (Å²) in [5, 5.41) is 24.9. The molecule has 0 radical (unpaired) electrons. The molecule has 0 saturated carbocycles. The molecule has 4 aromatic rings. The van der Waals surface area contributed by atoms with Gasteiger partial charge in [-0.2, -0.15) is 10.5 Å². The second-order valence-electron chi connectivity index (χ2n) is 7.71. The van der Waals surface area contributed by atoms with Gasteiger partial charge in [0.25, 0.3) is 0 Å². The van der Waals surface area contributed by atoms with E-state index in [9.17, 15) is 19.7 Å². The van der Waals surface area contributed by atoms with E-state index in [1.54, 1.807) is 17.5 Å². The van der Waals surface area contributed by atoms with Crippen LogP contribution in [0.15, 0.2) is 58.9 Å². The van der Waals surface area contributed by atoms with Crippen LogP contribution in [0.1, 0.15) is 23.1 Å². The summed E-state index contributed by atoms with van der Waals surface area (Å²) >= 11 is 2.50. The van der Waals surface area contributed by atoms with Crippen molar-refractivity contribution in [3.8, 4) is 34.5 Å². The van der Waals surface area contributed by atoms with E-state index in [0.717, 1.165) is 11.1 Å². The standard InChI is InChI=1S/C26H19FN6OS2/c1-15-2-4-17(5-3-15)23-19(12-28)24(30)33-25(20(23)13-29)35-11-10-22(34)32-26-31-21(14-36-26)16-6-8-18(27)9-7-16/h2-9,14H,10-11H2,1H3,(H2,30,33)(H,31,32,34). The van der Waals surface area contributed by atoms with Crippen molar-refractivity contribution in [1.29, 1.82) is 10.5 Å². The molecular formula is C26H19FN6OS2. The molecule has 2 aromatic heterocycles. The molecule has 4 rings (SSSR count). The lowest BCUT2D eigenvalue weighted by Gasteiger charge is -2.13. The molecule has 10 heteroatoms. The third kappa shape index (κ3) is 5.52. The smallest absolute Gasteiger partial charge is 0.226 e. The van der Waals surface area contributed by atoms with E-state index < -0.39 is 0 Å². The summed E-state index contributed by atoms with van der Waals surface area (Å²) in [4.78, 5) is 21.1. The number of pyridine rings is 1. The first kappa shape index (κ1) is 24.9.